The molecule has 1 aromatic carbocycles. The Morgan fingerprint density at radius 2 is 2.13 bits per heavy atom. The van der Waals surface area contributed by atoms with Crippen molar-refractivity contribution in [2.24, 2.45) is 5.92 Å². The predicted octanol–water partition coefficient (Wildman–Crippen LogP) is 2.50. The van der Waals surface area contributed by atoms with Crippen molar-refractivity contribution in [1.29, 1.82) is 0 Å². The molecule has 2 amide bonds. The lowest BCUT2D eigenvalue weighted by Crippen LogP contribution is -2.41. The minimum absolute atomic E-state index is 0.0652. The van der Waals surface area contributed by atoms with Gasteiger partial charge in [0.1, 0.15) is 6.61 Å². The van der Waals surface area contributed by atoms with Crippen LogP contribution in [0.3, 0.4) is 0 Å². The van der Waals surface area contributed by atoms with Crippen LogP contribution in [0.15, 0.2) is 24.3 Å². The number of benzene rings is 1. The molecule has 1 fully saturated rings. The van der Waals surface area contributed by atoms with Crippen LogP contribution in [0.25, 0.3) is 0 Å². The molecular formula is C16H21ClN2O4. The van der Waals surface area contributed by atoms with Crippen LogP contribution in [0.4, 0.5) is 16.2 Å². The largest absolute Gasteiger partial charge is 0.452 e. The first-order chi connectivity index (χ1) is 11.1. The van der Waals surface area contributed by atoms with E-state index in [1.165, 1.54) is 12.0 Å². The third-order valence-corrected chi connectivity index (χ3v) is 4.14. The van der Waals surface area contributed by atoms with E-state index < -0.39 is 6.09 Å². The van der Waals surface area contributed by atoms with Crippen molar-refractivity contribution in [3.05, 3.63) is 24.3 Å². The molecule has 0 saturated carbocycles. The Hall–Kier alpha value is -1.79. The Bertz CT molecular complexity index is 550. The third kappa shape index (κ3) is 4.36. The molecule has 6 nitrogen and oxygen atoms in total. The molecule has 0 N–H and O–H groups in total. The molecule has 0 aromatic heterocycles. The number of anilines is 2. The Morgan fingerprint density at radius 3 is 2.70 bits per heavy atom. The zero-order valence-corrected chi connectivity index (χ0v) is 14.1. The number of carbonyl (C=O) groups excluding carboxylic acids is 2. The number of nitrogens with zero attached hydrogens (tertiary/aromatic N) is 2. The summed E-state index contributed by atoms with van der Waals surface area (Å²) in [6.07, 6.45) is -0.433. The maximum Gasteiger partial charge on any atom is 0.414 e. The summed E-state index contributed by atoms with van der Waals surface area (Å²) in [5.41, 5.74) is 1.50. The van der Waals surface area contributed by atoms with Gasteiger partial charge in [0.25, 0.3) is 5.91 Å². The number of alkyl halides is 1. The summed E-state index contributed by atoms with van der Waals surface area (Å²) in [7, 11) is 1.35. The van der Waals surface area contributed by atoms with Crippen molar-refractivity contribution in [3.63, 3.8) is 0 Å². The standard InChI is InChI=1S/C16H21ClN2O4/c1-12(9-17)10-19(16(21)22-2)14-5-3-13(4-6-14)18-7-8-23-11-15(18)20/h3-6,12H,7-11H2,1-2H3/t12-/m0/s1. The summed E-state index contributed by atoms with van der Waals surface area (Å²) in [4.78, 5) is 27.1. The first-order valence-electron chi connectivity index (χ1n) is 7.46. The molecule has 0 unspecified atom stereocenters. The van der Waals surface area contributed by atoms with Gasteiger partial charge in [0.15, 0.2) is 0 Å². The third-order valence-electron chi connectivity index (χ3n) is 3.61. The first kappa shape index (κ1) is 17.6. The van der Waals surface area contributed by atoms with Gasteiger partial charge in [0.2, 0.25) is 0 Å². The van der Waals surface area contributed by atoms with E-state index in [2.05, 4.69) is 0 Å². The number of morpholine rings is 1. The van der Waals surface area contributed by atoms with Gasteiger partial charge in [-0.25, -0.2) is 4.79 Å². The molecule has 126 valence electrons. The van der Waals surface area contributed by atoms with Gasteiger partial charge < -0.3 is 14.4 Å². The van der Waals surface area contributed by atoms with Crippen LogP contribution in [-0.4, -0.2) is 51.3 Å². The van der Waals surface area contributed by atoms with Crippen LogP contribution < -0.4 is 9.80 Å². The molecule has 0 spiro atoms. The van der Waals surface area contributed by atoms with Crippen LogP contribution >= 0.6 is 11.6 Å². The summed E-state index contributed by atoms with van der Waals surface area (Å²) in [5.74, 6) is 0.522. The minimum atomic E-state index is -0.433. The maximum absolute atomic E-state index is 12.0. The number of ether oxygens (including phenoxy) is 2. The van der Waals surface area contributed by atoms with E-state index >= 15 is 0 Å². The summed E-state index contributed by atoms with van der Waals surface area (Å²) >= 11 is 5.84. The molecule has 1 saturated heterocycles. The molecule has 0 bridgehead atoms. The van der Waals surface area contributed by atoms with Gasteiger partial charge in [-0.05, 0) is 30.2 Å². The second-order valence-electron chi connectivity index (χ2n) is 5.45. The molecule has 1 heterocycles. The predicted molar refractivity (Wildman–Crippen MR) is 89.2 cm³/mol. The number of halogens is 1. The molecule has 1 aliphatic rings. The number of rotatable bonds is 5. The fraction of sp³-hybridized carbons (Fsp3) is 0.500. The lowest BCUT2D eigenvalue weighted by Gasteiger charge is -2.28. The van der Waals surface area contributed by atoms with Crippen molar-refractivity contribution in [3.8, 4) is 0 Å². The second kappa shape index (κ2) is 8.17. The quantitative estimate of drug-likeness (QED) is 0.773. The van der Waals surface area contributed by atoms with Crippen LogP contribution in [0.2, 0.25) is 0 Å². The molecule has 7 heteroatoms. The lowest BCUT2D eigenvalue weighted by molar-refractivity contribution is -0.125. The summed E-state index contributed by atoms with van der Waals surface area (Å²) in [6.45, 7) is 3.58. The normalized spacial score (nSPS) is 16.1. The van der Waals surface area contributed by atoms with E-state index in [-0.39, 0.29) is 18.4 Å². The van der Waals surface area contributed by atoms with E-state index in [1.54, 1.807) is 17.0 Å². The summed E-state index contributed by atoms with van der Waals surface area (Å²) in [5, 5.41) is 0. The molecule has 2 rings (SSSR count). The molecule has 1 aliphatic heterocycles. The van der Waals surface area contributed by atoms with Crippen molar-refractivity contribution in [1.82, 2.24) is 0 Å². The Labute approximate surface area is 140 Å². The number of methoxy groups -OCH3 is 1. The Balaban J connectivity index is 2.17. The monoisotopic (exact) mass is 340 g/mol. The average Bonchev–Trinajstić information content (AvgIpc) is 2.59. The highest BCUT2D eigenvalue weighted by Crippen LogP contribution is 2.23. The summed E-state index contributed by atoms with van der Waals surface area (Å²) < 4.78 is 9.96. The van der Waals surface area contributed by atoms with Crippen molar-refractivity contribution in [2.75, 3.05) is 49.1 Å². The second-order valence-corrected chi connectivity index (χ2v) is 5.76. The average molecular weight is 341 g/mol. The van der Waals surface area contributed by atoms with Crippen LogP contribution in [0.5, 0.6) is 0 Å². The Kier molecular flexibility index (Phi) is 6.24. The van der Waals surface area contributed by atoms with E-state index in [0.29, 0.717) is 31.3 Å². The molecule has 23 heavy (non-hydrogen) atoms. The number of amides is 2. The smallest absolute Gasteiger partial charge is 0.414 e. The fourth-order valence-electron chi connectivity index (χ4n) is 2.36. The van der Waals surface area contributed by atoms with E-state index in [4.69, 9.17) is 21.1 Å². The first-order valence-corrected chi connectivity index (χ1v) is 8.00. The zero-order chi connectivity index (χ0) is 16.8. The van der Waals surface area contributed by atoms with Crippen LogP contribution in [0.1, 0.15) is 6.92 Å². The van der Waals surface area contributed by atoms with E-state index in [9.17, 15) is 9.59 Å². The van der Waals surface area contributed by atoms with Crippen LogP contribution in [0, 0.1) is 5.92 Å². The van der Waals surface area contributed by atoms with Gasteiger partial charge in [0, 0.05) is 30.3 Å². The summed E-state index contributed by atoms with van der Waals surface area (Å²) in [6, 6.07) is 7.24. The van der Waals surface area contributed by atoms with Crippen molar-refractivity contribution in [2.45, 2.75) is 6.92 Å². The van der Waals surface area contributed by atoms with E-state index in [1.807, 2.05) is 19.1 Å². The van der Waals surface area contributed by atoms with Crippen LogP contribution in [-0.2, 0) is 14.3 Å². The minimum Gasteiger partial charge on any atom is -0.452 e. The van der Waals surface area contributed by atoms with Gasteiger partial charge in [-0.2, -0.15) is 0 Å². The molecule has 1 atom stereocenters. The van der Waals surface area contributed by atoms with Crippen molar-refractivity contribution >= 4 is 35.0 Å². The molecule has 1 aromatic rings. The van der Waals surface area contributed by atoms with Gasteiger partial charge in [-0.3, -0.25) is 9.69 Å². The maximum atomic E-state index is 12.0. The van der Waals surface area contributed by atoms with Gasteiger partial charge in [-0.15, -0.1) is 11.6 Å². The van der Waals surface area contributed by atoms with Gasteiger partial charge in [0.05, 0.1) is 13.7 Å². The zero-order valence-electron chi connectivity index (χ0n) is 13.3. The highest BCUT2D eigenvalue weighted by atomic mass is 35.5. The van der Waals surface area contributed by atoms with Gasteiger partial charge >= 0.3 is 6.09 Å². The number of hydrogen-bond donors (Lipinski definition) is 0. The Morgan fingerprint density at radius 1 is 1.43 bits per heavy atom. The highest BCUT2D eigenvalue weighted by Gasteiger charge is 2.22. The number of hydrogen-bond acceptors (Lipinski definition) is 4. The topological polar surface area (TPSA) is 59.1 Å². The van der Waals surface area contributed by atoms with Crippen molar-refractivity contribution < 1.29 is 19.1 Å². The lowest BCUT2D eigenvalue weighted by atomic mass is 10.2. The molecule has 0 aliphatic carbocycles. The molecule has 0 radical (unpaired) electrons. The molecular weight excluding hydrogens is 320 g/mol. The van der Waals surface area contributed by atoms with Gasteiger partial charge in [-0.1, -0.05) is 6.92 Å². The highest BCUT2D eigenvalue weighted by molar-refractivity contribution is 6.18. The number of carbonyl (C=O) groups is 2. The fourth-order valence-corrected chi connectivity index (χ4v) is 2.46. The van der Waals surface area contributed by atoms with E-state index in [0.717, 1.165) is 5.69 Å². The SMILES string of the molecule is COC(=O)N(C[C@@H](C)CCl)c1ccc(N2CCOCC2=O)cc1.